The van der Waals surface area contributed by atoms with Crippen molar-refractivity contribution < 1.29 is 14.3 Å². The summed E-state index contributed by atoms with van der Waals surface area (Å²) < 4.78 is 5.64. The van der Waals surface area contributed by atoms with Crippen LogP contribution in [0, 0.1) is 6.92 Å². The van der Waals surface area contributed by atoms with Crippen molar-refractivity contribution in [1.29, 1.82) is 0 Å². The molecule has 2 aliphatic rings. The molecule has 2 heterocycles. The molecule has 1 aromatic carbocycles. The molecular formula is C19H26N2O3S. The van der Waals surface area contributed by atoms with Gasteiger partial charge in [0.05, 0.1) is 4.75 Å². The number of benzene rings is 1. The first kappa shape index (κ1) is 18.1. The Morgan fingerprint density at radius 3 is 2.60 bits per heavy atom. The molecule has 0 bridgehead atoms. The number of carbonyl (C=O) groups is 2. The molecule has 6 heteroatoms. The number of aryl methyl sites for hydroxylation is 1. The molecule has 1 aromatic rings. The zero-order chi connectivity index (χ0) is 18.0. The van der Waals surface area contributed by atoms with E-state index in [2.05, 4.69) is 5.32 Å². The summed E-state index contributed by atoms with van der Waals surface area (Å²) in [5, 5.41) is 2.88. The minimum absolute atomic E-state index is 0.0330. The smallest absolute Gasteiger partial charge is 0.246 e. The highest BCUT2D eigenvalue weighted by Gasteiger charge is 2.39. The van der Waals surface area contributed by atoms with Crippen molar-refractivity contribution in [2.45, 2.75) is 50.5 Å². The molecule has 0 aromatic heterocycles. The van der Waals surface area contributed by atoms with Gasteiger partial charge in [-0.2, -0.15) is 0 Å². The normalized spacial score (nSPS) is 23.9. The summed E-state index contributed by atoms with van der Waals surface area (Å²) in [4.78, 5) is 26.6. The summed E-state index contributed by atoms with van der Waals surface area (Å²) in [6.45, 7) is 7.18. The highest BCUT2D eigenvalue weighted by atomic mass is 32.2. The van der Waals surface area contributed by atoms with Gasteiger partial charge in [-0.15, -0.1) is 11.8 Å². The number of ether oxygens (including phenoxy) is 1. The van der Waals surface area contributed by atoms with Gasteiger partial charge in [-0.05, 0) is 32.4 Å². The second-order valence-corrected chi connectivity index (χ2v) is 8.90. The van der Waals surface area contributed by atoms with Gasteiger partial charge in [-0.3, -0.25) is 9.59 Å². The monoisotopic (exact) mass is 362 g/mol. The fraction of sp³-hybridized carbons (Fsp3) is 0.579. The molecule has 2 fully saturated rings. The van der Waals surface area contributed by atoms with Crippen LogP contribution in [0.3, 0.4) is 0 Å². The van der Waals surface area contributed by atoms with Crippen LogP contribution in [-0.2, 0) is 9.59 Å². The number of piperidine rings is 1. The van der Waals surface area contributed by atoms with Gasteiger partial charge < -0.3 is 15.0 Å². The van der Waals surface area contributed by atoms with Gasteiger partial charge in [0.15, 0.2) is 0 Å². The predicted molar refractivity (Wildman–Crippen MR) is 99.9 cm³/mol. The van der Waals surface area contributed by atoms with E-state index in [1.807, 2.05) is 49.9 Å². The van der Waals surface area contributed by atoms with Crippen LogP contribution in [0.15, 0.2) is 24.3 Å². The highest BCUT2D eigenvalue weighted by molar-refractivity contribution is 8.01. The summed E-state index contributed by atoms with van der Waals surface area (Å²) in [6, 6.07) is 7.61. The van der Waals surface area contributed by atoms with Crippen LogP contribution in [0.5, 0.6) is 5.75 Å². The van der Waals surface area contributed by atoms with Crippen molar-refractivity contribution in [2.75, 3.05) is 18.8 Å². The van der Waals surface area contributed by atoms with Gasteiger partial charge in [0.1, 0.15) is 17.9 Å². The molecule has 0 saturated carbocycles. The van der Waals surface area contributed by atoms with Crippen LogP contribution in [0.25, 0.3) is 0 Å². The number of thioether (sulfide) groups is 1. The number of nitrogens with one attached hydrogen (secondary N) is 1. The summed E-state index contributed by atoms with van der Waals surface area (Å²) in [6.07, 6.45) is 1.78. The lowest BCUT2D eigenvalue weighted by Gasteiger charge is -2.38. The maximum atomic E-state index is 12.7. The third kappa shape index (κ3) is 4.11. The van der Waals surface area contributed by atoms with E-state index in [0.29, 0.717) is 18.8 Å². The minimum atomic E-state index is -0.453. The van der Waals surface area contributed by atoms with E-state index < -0.39 is 10.8 Å². The van der Waals surface area contributed by atoms with E-state index in [9.17, 15) is 9.59 Å². The first-order chi connectivity index (χ1) is 11.9. The molecule has 0 aliphatic carbocycles. The Bertz CT molecular complexity index is 654. The van der Waals surface area contributed by atoms with Crippen molar-refractivity contribution in [3.63, 3.8) is 0 Å². The molecule has 2 aliphatic heterocycles. The number of hydrogen-bond donors (Lipinski definition) is 1. The topological polar surface area (TPSA) is 58.6 Å². The number of rotatable bonds is 3. The van der Waals surface area contributed by atoms with E-state index >= 15 is 0 Å². The van der Waals surface area contributed by atoms with Crippen molar-refractivity contribution in [3.8, 4) is 5.75 Å². The maximum absolute atomic E-state index is 12.7. The molecule has 136 valence electrons. The standard InChI is InChI=1S/C19H26N2O3S/c1-13-6-4-5-7-16(13)24-14-8-10-21(11-9-14)17(22)15-12-25-19(2,3)18(23)20-15/h4-7,14-15H,8-12H2,1-3H3,(H,20,23)/t15-/m1/s1. The Labute approximate surface area is 153 Å². The van der Waals surface area contributed by atoms with E-state index in [4.69, 9.17) is 4.74 Å². The Hall–Kier alpha value is -1.69. The zero-order valence-electron chi connectivity index (χ0n) is 15.1. The molecule has 2 saturated heterocycles. The number of carbonyl (C=O) groups excluding carboxylic acids is 2. The summed E-state index contributed by atoms with van der Waals surface area (Å²) in [5.41, 5.74) is 1.13. The highest BCUT2D eigenvalue weighted by Crippen LogP contribution is 2.30. The molecule has 25 heavy (non-hydrogen) atoms. The van der Waals surface area contributed by atoms with Crippen molar-refractivity contribution in [2.24, 2.45) is 0 Å². The number of para-hydroxylation sites is 1. The molecule has 1 N–H and O–H groups in total. The predicted octanol–water partition coefficient (Wildman–Crippen LogP) is 2.38. The maximum Gasteiger partial charge on any atom is 0.246 e. The number of nitrogens with zero attached hydrogens (tertiary/aromatic N) is 1. The number of hydrogen-bond acceptors (Lipinski definition) is 4. The Morgan fingerprint density at radius 1 is 1.28 bits per heavy atom. The van der Waals surface area contributed by atoms with Crippen LogP contribution in [-0.4, -0.2) is 52.4 Å². The molecule has 1 atom stereocenters. The lowest BCUT2D eigenvalue weighted by molar-refractivity contribution is -0.138. The second-order valence-electron chi connectivity index (χ2n) is 7.26. The van der Waals surface area contributed by atoms with Crippen LogP contribution in [0.1, 0.15) is 32.3 Å². The SMILES string of the molecule is Cc1ccccc1OC1CCN(C(=O)[C@H]2CSC(C)(C)C(=O)N2)CC1. The van der Waals surface area contributed by atoms with Crippen LogP contribution in [0.2, 0.25) is 0 Å². The summed E-state index contributed by atoms with van der Waals surface area (Å²) in [7, 11) is 0. The third-order valence-corrected chi connectivity index (χ3v) is 6.31. The van der Waals surface area contributed by atoms with E-state index in [0.717, 1.165) is 24.2 Å². The van der Waals surface area contributed by atoms with Gasteiger partial charge in [0.2, 0.25) is 11.8 Å². The van der Waals surface area contributed by atoms with Gasteiger partial charge in [-0.1, -0.05) is 18.2 Å². The fourth-order valence-electron chi connectivity index (χ4n) is 3.15. The average Bonchev–Trinajstić information content (AvgIpc) is 2.59. The Balaban J connectivity index is 1.51. The largest absolute Gasteiger partial charge is 0.490 e. The number of amides is 2. The molecule has 0 radical (unpaired) electrons. The van der Waals surface area contributed by atoms with Gasteiger partial charge in [-0.25, -0.2) is 0 Å². The summed E-state index contributed by atoms with van der Waals surface area (Å²) >= 11 is 1.55. The molecule has 3 rings (SSSR count). The van der Waals surface area contributed by atoms with Crippen LogP contribution >= 0.6 is 11.8 Å². The summed E-state index contributed by atoms with van der Waals surface area (Å²) in [5.74, 6) is 1.54. The lowest BCUT2D eigenvalue weighted by atomic mass is 10.1. The van der Waals surface area contributed by atoms with Crippen molar-refractivity contribution in [3.05, 3.63) is 29.8 Å². The van der Waals surface area contributed by atoms with Crippen molar-refractivity contribution in [1.82, 2.24) is 10.2 Å². The molecule has 5 nitrogen and oxygen atoms in total. The minimum Gasteiger partial charge on any atom is -0.490 e. The molecule has 0 unspecified atom stereocenters. The fourth-order valence-corrected chi connectivity index (χ4v) is 4.15. The number of likely N-dealkylation sites (tertiary alicyclic amines) is 1. The van der Waals surface area contributed by atoms with E-state index in [1.165, 1.54) is 0 Å². The molecular weight excluding hydrogens is 336 g/mol. The van der Waals surface area contributed by atoms with Gasteiger partial charge in [0, 0.05) is 31.7 Å². The zero-order valence-corrected chi connectivity index (χ0v) is 15.9. The molecule has 2 amide bonds. The van der Waals surface area contributed by atoms with E-state index in [-0.39, 0.29) is 17.9 Å². The van der Waals surface area contributed by atoms with E-state index in [1.54, 1.807) is 11.8 Å². The first-order valence-electron chi connectivity index (χ1n) is 8.83. The second kappa shape index (κ2) is 7.28. The molecule has 0 spiro atoms. The quantitative estimate of drug-likeness (QED) is 0.897. The Morgan fingerprint density at radius 2 is 1.96 bits per heavy atom. The van der Waals surface area contributed by atoms with Gasteiger partial charge >= 0.3 is 0 Å². The Kier molecular flexibility index (Phi) is 5.27. The first-order valence-corrected chi connectivity index (χ1v) is 9.81. The van der Waals surface area contributed by atoms with Crippen LogP contribution < -0.4 is 10.1 Å². The van der Waals surface area contributed by atoms with Gasteiger partial charge in [0.25, 0.3) is 0 Å². The third-order valence-electron chi connectivity index (χ3n) is 4.90. The average molecular weight is 362 g/mol. The van der Waals surface area contributed by atoms with Crippen LogP contribution in [0.4, 0.5) is 0 Å². The lowest BCUT2D eigenvalue weighted by Crippen LogP contribution is -2.58. The van der Waals surface area contributed by atoms with Crippen molar-refractivity contribution >= 4 is 23.6 Å².